The van der Waals surface area contributed by atoms with Crippen molar-refractivity contribution in [2.45, 2.75) is 58.2 Å². The highest BCUT2D eigenvalue weighted by molar-refractivity contribution is 6.72. The second-order valence-corrected chi connectivity index (χ2v) is 9.31. The molecule has 0 amide bonds. The predicted molar refractivity (Wildman–Crippen MR) is 60.5 cm³/mol. The summed E-state index contributed by atoms with van der Waals surface area (Å²) in [5.41, 5.74) is 0.920. The maximum atomic E-state index is 5.94. The van der Waals surface area contributed by atoms with Gasteiger partial charge in [-0.25, -0.2) is 0 Å². The summed E-state index contributed by atoms with van der Waals surface area (Å²) in [7, 11) is -1.33. The summed E-state index contributed by atoms with van der Waals surface area (Å²) in [4.78, 5) is 0. The van der Waals surface area contributed by atoms with Crippen LogP contribution in [0.15, 0.2) is 0 Å². The molecular formula is C11H24OSi. The third-order valence-electron chi connectivity index (χ3n) is 3.52. The molecule has 1 saturated carbocycles. The summed E-state index contributed by atoms with van der Waals surface area (Å²) in [6.45, 7) is 10.2. The van der Waals surface area contributed by atoms with E-state index in [9.17, 15) is 0 Å². The van der Waals surface area contributed by atoms with Crippen LogP contribution in [-0.4, -0.2) is 14.9 Å². The fourth-order valence-electron chi connectivity index (χ4n) is 2.45. The lowest BCUT2D eigenvalue weighted by atomic mass is 9.90. The number of hydrogen-bond acceptors (Lipinski definition) is 1. The maximum absolute atomic E-state index is 5.94. The van der Waals surface area contributed by atoms with E-state index < -0.39 is 8.32 Å². The molecule has 0 N–H and O–H groups in total. The van der Waals surface area contributed by atoms with Gasteiger partial charge >= 0.3 is 0 Å². The average molecular weight is 200 g/mol. The zero-order valence-electron chi connectivity index (χ0n) is 9.60. The summed E-state index contributed by atoms with van der Waals surface area (Å²) in [5.74, 6) is 0.961. The van der Waals surface area contributed by atoms with E-state index in [-0.39, 0.29) is 0 Å². The van der Waals surface area contributed by atoms with Crippen molar-refractivity contribution < 1.29 is 4.43 Å². The quantitative estimate of drug-likeness (QED) is 0.630. The van der Waals surface area contributed by atoms with Gasteiger partial charge in [-0.05, 0) is 31.5 Å². The van der Waals surface area contributed by atoms with E-state index in [2.05, 4.69) is 26.9 Å². The van der Waals surface area contributed by atoms with Crippen molar-refractivity contribution in [2.75, 3.05) is 6.61 Å². The highest BCUT2D eigenvalue weighted by Crippen LogP contribution is 2.39. The van der Waals surface area contributed by atoms with Crippen LogP contribution in [0.4, 0.5) is 0 Å². The highest BCUT2D eigenvalue weighted by atomic mass is 28.4. The highest BCUT2D eigenvalue weighted by Gasteiger charge is 2.35. The van der Waals surface area contributed by atoms with Crippen LogP contribution in [0.5, 0.6) is 0 Å². The van der Waals surface area contributed by atoms with Crippen LogP contribution in [0.2, 0.25) is 18.6 Å². The molecule has 0 bridgehead atoms. The molecule has 78 valence electrons. The van der Waals surface area contributed by atoms with Crippen LogP contribution in [0.1, 0.15) is 39.5 Å². The van der Waals surface area contributed by atoms with Gasteiger partial charge in [0.05, 0.1) is 0 Å². The zero-order valence-corrected chi connectivity index (χ0v) is 10.6. The van der Waals surface area contributed by atoms with E-state index in [1.165, 1.54) is 25.7 Å². The van der Waals surface area contributed by atoms with Crippen LogP contribution in [0, 0.1) is 5.92 Å². The van der Waals surface area contributed by atoms with Gasteiger partial charge in [-0.2, -0.15) is 0 Å². The van der Waals surface area contributed by atoms with Gasteiger partial charge in [-0.15, -0.1) is 0 Å². The largest absolute Gasteiger partial charge is 0.417 e. The van der Waals surface area contributed by atoms with Gasteiger partial charge in [0.1, 0.15) is 0 Å². The van der Waals surface area contributed by atoms with Crippen LogP contribution < -0.4 is 0 Å². The molecular weight excluding hydrogens is 176 g/mol. The number of hydrogen-bond donors (Lipinski definition) is 0. The van der Waals surface area contributed by atoms with Crippen LogP contribution in [-0.2, 0) is 4.43 Å². The van der Waals surface area contributed by atoms with Crippen LogP contribution >= 0.6 is 0 Å². The lowest BCUT2D eigenvalue weighted by Gasteiger charge is -2.36. The molecule has 1 aliphatic carbocycles. The topological polar surface area (TPSA) is 9.23 Å². The van der Waals surface area contributed by atoms with Crippen molar-refractivity contribution in [1.29, 1.82) is 0 Å². The molecule has 0 aromatic rings. The minimum atomic E-state index is -1.33. The molecule has 0 atom stereocenters. The third kappa shape index (κ3) is 3.10. The van der Waals surface area contributed by atoms with Crippen molar-refractivity contribution in [2.24, 2.45) is 5.92 Å². The molecule has 0 aliphatic heterocycles. The molecule has 0 unspecified atom stereocenters. The molecule has 1 aliphatic rings. The van der Waals surface area contributed by atoms with E-state index in [1.807, 2.05) is 0 Å². The van der Waals surface area contributed by atoms with Crippen molar-refractivity contribution >= 4 is 8.32 Å². The summed E-state index contributed by atoms with van der Waals surface area (Å²) >= 11 is 0. The molecule has 1 rings (SSSR count). The van der Waals surface area contributed by atoms with E-state index in [1.54, 1.807) is 0 Å². The standard InChI is InChI=1S/C11H24OSi/c1-5-12-13(3,4)11-8-6-10(2)7-9-11/h10-11H,5-9H2,1-4H3. The van der Waals surface area contributed by atoms with Gasteiger partial charge in [0.25, 0.3) is 0 Å². The van der Waals surface area contributed by atoms with E-state index in [4.69, 9.17) is 4.43 Å². The molecule has 0 radical (unpaired) electrons. The smallest absolute Gasteiger partial charge is 0.189 e. The molecule has 0 aromatic carbocycles. The Bertz CT molecular complexity index is 148. The Balaban J connectivity index is 2.42. The first-order chi connectivity index (χ1) is 6.06. The summed E-state index contributed by atoms with van der Waals surface area (Å²) < 4.78 is 5.94. The molecule has 1 nitrogen and oxygen atoms in total. The Labute approximate surface area is 84.0 Å². The van der Waals surface area contributed by atoms with Gasteiger partial charge < -0.3 is 4.43 Å². The first-order valence-electron chi connectivity index (χ1n) is 5.70. The first-order valence-corrected chi connectivity index (χ1v) is 8.68. The SMILES string of the molecule is CCO[Si](C)(C)C1CCC(C)CC1. The first kappa shape index (κ1) is 11.3. The number of rotatable bonds is 3. The van der Waals surface area contributed by atoms with Crippen LogP contribution in [0.25, 0.3) is 0 Å². The lowest BCUT2D eigenvalue weighted by Crippen LogP contribution is -2.38. The second-order valence-electron chi connectivity index (χ2n) is 4.99. The zero-order chi connectivity index (χ0) is 9.90. The minimum Gasteiger partial charge on any atom is -0.417 e. The van der Waals surface area contributed by atoms with Crippen molar-refractivity contribution in [3.8, 4) is 0 Å². The molecule has 13 heavy (non-hydrogen) atoms. The van der Waals surface area contributed by atoms with E-state index in [0.29, 0.717) is 0 Å². The van der Waals surface area contributed by atoms with Crippen molar-refractivity contribution in [1.82, 2.24) is 0 Å². The Morgan fingerprint density at radius 2 is 1.69 bits per heavy atom. The molecule has 2 heteroatoms. The monoisotopic (exact) mass is 200 g/mol. The molecule has 0 heterocycles. The normalized spacial score (nSPS) is 30.5. The predicted octanol–water partition coefficient (Wildman–Crippen LogP) is 3.81. The fraction of sp³-hybridized carbons (Fsp3) is 1.00. The van der Waals surface area contributed by atoms with Gasteiger partial charge in [0.15, 0.2) is 8.32 Å². The lowest BCUT2D eigenvalue weighted by molar-refractivity contribution is 0.292. The molecule has 0 aromatic heterocycles. The Morgan fingerprint density at radius 3 is 2.15 bits per heavy atom. The van der Waals surface area contributed by atoms with Gasteiger partial charge in [0, 0.05) is 6.61 Å². The summed E-state index contributed by atoms with van der Waals surface area (Å²) in [6.07, 6.45) is 5.68. The maximum Gasteiger partial charge on any atom is 0.189 e. The van der Waals surface area contributed by atoms with Gasteiger partial charge in [-0.3, -0.25) is 0 Å². The minimum absolute atomic E-state index is 0.908. The average Bonchev–Trinajstić information content (AvgIpc) is 2.05. The van der Waals surface area contributed by atoms with Gasteiger partial charge in [0.2, 0.25) is 0 Å². The third-order valence-corrected chi connectivity index (χ3v) is 7.09. The van der Waals surface area contributed by atoms with Crippen molar-refractivity contribution in [3.05, 3.63) is 0 Å². The molecule has 1 fully saturated rings. The summed E-state index contributed by atoms with van der Waals surface area (Å²) in [5, 5.41) is 0. The van der Waals surface area contributed by atoms with E-state index in [0.717, 1.165) is 18.1 Å². The molecule has 0 saturated heterocycles. The Hall–Kier alpha value is 0.177. The molecule has 0 spiro atoms. The van der Waals surface area contributed by atoms with Crippen molar-refractivity contribution in [3.63, 3.8) is 0 Å². The Morgan fingerprint density at radius 1 is 1.15 bits per heavy atom. The van der Waals surface area contributed by atoms with Gasteiger partial charge in [-0.1, -0.05) is 32.6 Å². The Kier molecular flexibility index (Phi) is 3.99. The fourth-order valence-corrected chi connectivity index (χ4v) is 5.15. The van der Waals surface area contributed by atoms with E-state index >= 15 is 0 Å². The van der Waals surface area contributed by atoms with Crippen LogP contribution in [0.3, 0.4) is 0 Å². The summed E-state index contributed by atoms with van der Waals surface area (Å²) in [6, 6.07) is 0. The second kappa shape index (κ2) is 4.60.